The van der Waals surface area contributed by atoms with Crippen LogP contribution in [0.1, 0.15) is 33.6 Å². The summed E-state index contributed by atoms with van der Waals surface area (Å²) in [7, 11) is -2.48. The summed E-state index contributed by atoms with van der Waals surface area (Å²) in [6, 6.07) is 2.85. The quantitative estimate of drug-likeness (QED) is 0.451. The molecule has 4 nitrogen and oxygen atoms in total. The van der Waals surface area contributed by atoms with Gasteiger partial charge in [0.15, 0.2) is 0 Å². The molecular weight excluding hydrogens is 210 g/mol. The summed E-state index contributed by atoms with van der Waals surface area (Å²) in [5, 5.41) is 8.50. The summed E-state index contributed by atoms with van der Waals surface area (Å²) in [6.45, 7) is 7.59. The first-order chi connectivity index (χ1) is 7.24. The maximum atomic E-state index is 8.50. The number of nitrogens with zero attached hydrogens (tertiary/aromatic N) is 1. The molecule has 0 spiro atoms. The highest BCUT2D eigenvalue weighted by Crippen LogP contribution is 2.18. The van der Waals surface area contributed by atoms with Crippen LogP contribution in [0.2, 0.25) is 6.04 Å². The van der Waals surface area contributed by atoms with Gasteiger partial charge in [0.2, 0.25) is 0 Å². The molecular formula is C10H21NO3Si. The Morgan fingerprint density at radius 2 is 1.47 bits per heavy atom. The fourth-order valence-corrected chi connectivity index (χ4v) is 4.00. The Morgan fingerprint density at radius 1 is 1.00 bits per heavy atom. The lowest BCUT2D eigenvalue weighted by molar-refractivity contribution is 0.0709. The van der Waals surface area contributed by atoms with Gasteiger partial charge in [0.25, 0.3) is 0 Å². The van der Waals surface area contributed by atoms with Crippen molar-refractivity contribution in [1.82, 2.24) is 0 Å². The summed E-state index contributed by atoms with van der Waals surface area (Å²) in [6.07, 6.45) is 1.31. The number of nitriles is 1. The molecule has 0 atom stereocenters. The first-order valence-electron chi connectivity index (χ1n) is 5.53. The first kappa shape index (κ1) is 14.6. The Morgan fingerprint density at radius 3 is 1.80 bits per heavy atom. The van der Waals surface area contributed by atoms with Gasteiger partial charge < -0.3 is 13.3 Å². The van der Waals surface area contributed by atoms with E-state index in [-0.39, 0.29) is 0 Å². The van der Waals surface area contributed by atoms with E-state index in [0.717, 1.165) is 12.5 Å². The van der Waals surface area contributed by atoms with Gasteiger partial charge in [-0.15, -0.1) is 0 Å². The zero-order valence-corrected chi connectivity index (χ0v) is 10.9. The van der Waals surface area contributed by atoms with Crippen molar-refractivity contribution in [3.8, 4) is 6.07 Å². The van der Waals surface area contributed by atoms with E-state index in [4.69, 9.17) is 18.5 Å². The van der Waals surface area contributed by atoms with Crippen LogP contribution in [0.15, 0.2) is 0 Å². The van der Waals surface area contributed by atoms with Gasteiger partial charge in [0, 0.05) is 32.3 Å². The molecule has 0 aliphatic rings. The zero-order valence-electron chi connectivity index (χ0n) is 9.91. The van der Waals surface area contributed by atoms with E-state index < -0.39 is 8.80 Å². The van der Waals surface area contributed by atoms with Gasteiger partial charge in [0.05, 0.1) is 6.07 Å². The van der Waals surface area contributed by atoms with Gasteiger partial charge in [-0.3, -0.25) is 0 Å². The van der Waals surface area contributed by atoms with E-state index >= 15 is 0 Å². The molecule has 0 amide bonds. The highest BCUT2D eigenvalue weighted by atomic mass is 28.4. The van der Waals surface area contributed by atoms with E-state index in [2.05, 4.69) is 6.07 Å². The highest BCUT2D eigenvalue weighted by molar-refractivity contribution is 6.60. The molecule has 0 aliphatic heterocycles. The normalized spacial score (nSPS) is 11.3. The molecule has 0 heterocycles. The van der Waals surface area contributed by atoms with Crippen LogP contribution in [0.4, 0.5) is 0 Å². The minimum atomic E-state index is -2.48. The topological polar surface area (TPSA) is 51.5 Å². The summed E-state index contributed by atoms with van der Waals surface area (Å²) in [5.41, 5.74) is 0. The third-order valence-corrected chi connectivity index (χ3v) is 5.02. The molecule has 0 aliphatic carbocycles. The van der Waals surface area contributed by atoms with Gasteiger partial charge in [-0.2, -0.15) is 5.26 Å². The Balaban J connectivity index is 4.25. The summed E-state index contributed by atoms with van der Waals surface area (Å²) in [4.78, 5) is 0. The van der Waals surface area contributed by atoms with Gasteiger partial charge in [-0.1, -0.05) is 0 Å². The standard InChI is InChI=1S/C10H21NO3Si/c1-4-12-15(13-5-2,14-6-3)10-8-7-9-11/h4-8,10H2,1-3H3. The molecule has 0 bridgehead atoms. The van der Waals surface area contributed by atoms with E-state index in [9.17, 15) is 0 Å². The van der Waals surface area contributed by atoms with Crippen LogP contribution in [0.25, 0.3) is 0 Å². The van der Waals surface area contributed by atoms with Crippen molar-refractivity contribution in [3.63, 3.8) is 0 Å². The van der Waals surface area contributed by atoms with Crippen LogP contribution in [0.3, 0.4) is 0 Å². The van der Waals surface area contributed by atoms with Crippen molar-refractivity contribution < 1.29 is 13.3 Å². The molecule has 0 fully saturated rings. The number of unbranched alkanes of at least 4 members (excludes halogenated alkanes) is 1. The van der Waals surface area contributed by atoms with E-state index in [1.807, 2.05) is 20.8 Å². The molecule has 0 radical (unpaired) electrons. The molecule has 88 valence electrons. The predicted molar refractivity (Wildman–Crippen MR) is 60.3 cm³/mol. The van der Waals surface area contributed by atoms with Crippen LogP contribution in [-0.2, 0) is 13.3 Å². The molecule has 0 aromatic carbocycles. The predicted octanol–water partition coefficient (Wildman–Crippen LogP) is 2.34. The van der Waals surface area contributed by atoms with Crippen LogP contribution in [0, 0.1) is 11.3 Å². The van der Waals surface area contributed by atoms with Crippen LogP contribution in [-0.4, -0.2) is 28.6 Å². The monoisotopic (exact) mass is 231 g/mol. The van der Waals surface area contributed by atoms with Gasteiger partial charge in [-0.05, 0) is 27.2 Å². The maximum Gasteiger partial charge on any atom is 0.500 e. The van der Waals surface area contributed by atoms with Crippen molar-refractivity contribution in [2.45, 2.75) is 39.7 Å². The summed E-state index contributed by atoms with van der Waals surface area (Å²) in [5.74, 6) is 0. The zero-order chi connectivity index (χ0) is 11.6. The highest BCUT2D eigenvalue weighted by Gasteiger charge is 2.39. The second-order valence-corrected chi connectivity index (χ2v) is 5.73. The Kier molecular flexibility index (Phi) is 8.62. The largest absolute Gasteiger partial charge is 0.500 e. The average Bonchev–Trinajstić information content (AvgIpc) is 2.19. The van der Waals surface area contributed by atoms with E-state index in [1.54, 1.807) is 0 Å². The van der Waals surface area contributed by atoms with Gasteiger partial charge in [0.1, 0.15) is 0 Å². The smallest absolute Gasteiger partial charge is 0.374 e. The van der Waals surface area contributed by atoms with Crippen LogP contribution in [0.5, 0.6) is 0 Å². The lowest BCUT2D eigenvalue weighted by Crippen LogP contribution is -2.45. The minimum Gasteiger partial charge on any atom is -0.374 e. The van der Waals surface area contributed by atoms with Crippen LogP contribution < -0.4 is 0 Å². The van der Waals surface area contributed by atoms with Crippen LogP contribution >= 0.6 is 0 Å². The van der Waals surface area contributed by atoms with Gasteiger partial charge >= 0.3 is 8.80 Å². The first-order valence-corrected chi connectivity index (χ1v) is 7.46. The third kappa shape index (κ3) is 5.90. The molecule has 0 saturated heterocycles. The fraction of sp³-hybridized carbons (Fsp3) is 0.900. The minimum absolute atomic E-state index is 0.530. The SMILES string of the molecule is CCO[Si](CCCC#N)(OCC)OCC. The molecule has 0 rings (SSSR count). The molecule has 15 heavy (non-hydrogen) atoms. The van der Waals surface area contributed by atoms with Crippen molar-refractivity contribution in [2.24, 2.45) is 0 Å². The van der Waals surface area contributed by atoms with Crippen molar-refractivity contribution in [2.75, 3.05) is 19.8 Å². The van der Waals surface area contributed by atoms with E-state index in [0.29, 0.717) is 26.2 Å². The molecule has 0 saturated carbocycles. The van der Waals surface area contributed by atoms with Crippen molar-refractivity contribution >= 4 is 8.80 Å². The summed E-state index contributed by atoms with van der Waals surface area (Å²) >= 11 is 0. The lowest BCUT2D eigenvalue weighted by atomic mass is 10.4. The lowest BCUT2D eigenvalue weighted by Gasteiger charge is -2.28. The molecule has 0 unspecified atom stereocenters. The number of hydrogen-bond acceptors (Lipinski definition) is 4. The molecule has 5 heteroatoms. The van der Waals surface area contributed by atoms with E-state index in [1.165, 1.54) is 0 Å². The Bertz CT molecular complexity index is 177. The fourth-order valence-electron chi connectivity index (χ4n) is 1.39. The molecule has 0 N–H and O–H groups in total. The summed E-state index contributed by atoms with van der Waals surface area (Å²) < 4.78 is 16.9. The Labute approximate surface area is 93.5 Å². The third-order valence-electron chi connectivity index (χ3n) is 1.86. The maximum absolute atomic E-state index is 8.50. The van der Waals surface area contributed by atoms with Crippen molar-refractivity contribution in [1.29, 1.82) is 5.26 Å². The second-order valence-electron chi connectivity index (χ2n) is 2.99. The number of hydrogen-bond donors (Lipinski definition) is 0. The number of rotatable bonds is 9. The van der Waals surface area contributed by atoms with Crippen molar-refractivity contribution in [3.05, 3.63) is 0 Å². The Hall–Kier alpha value is -0.413. The van der Waals surface area contributed by atoms with Gasteiger partial charge in [-0.25, -0.2) is 0 Å². The second kappa shape index (κ2) is 8.86. The molecule has 0 aromatic heterocycles. The molecule has 0 aromatic rings. The average molecular weight is 231 g/mol.